The molecule has 0 radical (unpaired) electrons. The van der Waals surface area contributed by atoms with Crippen molar-refractivity contribution in [3.05, 3.63) is 52.0 Å². The Balaban J connectivity index is 1.51. The molecule has 0 saturated heterocycles. The van der Waals surface area contributed by atoms with Gasteiger partial charge < -0.3 is 5.32 Å². The third-order valence-electron chi connectivity index (χ3n) is 4.85. The second kappa shape index (κ2) is 6.85. The number of rotatable bonds is 5. The van der Waals surface area contributed by atoms with Crippen molar-refractivity contribution < 1.29 is 0 Å². The molecule has 3 aromatic rings. The van der Waals surface area contributed by atoms with Gasteiger partial charge in [0.15, 0.2) is 0 Å². The van der Waals surface area contributed by atoms with Crippen molar-refractivity contribution in [2.24, 2.45) is 5.92 Å². The van der Waals surface area contributed by atoms with E-state index in [0.29, 0.717) is 12.1 Å². The van der Waals surface area contributed by atoms with Crippen molar-refractivity contribution in [3.63, 3.8) is 0 Å². The first-order chi connectivity index (χ1) is 12.2. The van der Waals surface area contributed by atoms with E-state index in [1.54, 1.807) is 0 Å². The summed E-state index contributed by atoms with van der Waals surface area (Å²) in [6, 6.07) is 13.9. The lowest BCUT2D eigenvalue weighted by Gasteiger charge is -2.24. The summed E-state index contributed by atoms with van der Waals surface area (Å²) < 4.78 is 2.97. The largest absolute Gasteiger partial charge is 0.380 e. The lowest BCUT2D eigenvalue weighted by molar-refractivity contribution is 0.268. The number of anilines is 1. The minimum absolute atomic E-state index is 0.675. The molecule has 1 aliphatic rings. The predicted molar refractivity (Wildman–Crippen MR) is 101 cm³/mol. The maximum atomic E-state index is 8.86. The Labute approximate surface area is 154 Å². The molecule has 25 heavy (non-hydrogen) atoms. The number of nitrogens with one attached hydrogen (secondary N) is 1. The Kier molecular flexibility index (Phi) is 4.41. The van der Waals surface area contributed by atoms with Gasteiger partial charge >= 0.3 is 0 Å². The lowest BCUT2D eigenvalue weighted by Crippen LogP contribution is -2.18. The highest BCUT2D eigenvalue weighted by Crippen LogP contribution is 2.32. The van der Waals surface area contributed by atoms with Gasteiger partial charge in [-0.2, -0.15) is 5.26 Å². The maximum absolute atomic E-state index is 8.86. The zero-order valence-corrected chi connectivity index (χ0v) is 15.3. The number of benzene rings is 2. The van der Waals surface area contributed by atoms with Crippen LogP contribution in [0.1, 0.15) is 30.4 Å². The number of hydrogen-bond donors (Lipinski definition) is 1. The third kappa shape index (κ3) is 3.24. The molecule has 2 aromatic carbocycles. The fourth-order valence-corrected chi connectivity index (χ4v) is 3.65. The van der Waals surface area contributed by atoms with Crippen molar-refractivity contribution >= 4 is 32.7 Å². The van der Waals surface area contributed by atoms with Crippen molar-refractivity contribution in [1.29, 1.82) is 5.26 Å². The van der Waals surface area contributed by atoms with Crippen LogP contribution in [0.2, 0.25) is 0 Å². The Morgan fingerprint density at radius 3 is 2.68 bits per heavy atom. The third-order valence-corrected chi connectivity index (χ3v) is 5.65. The van der Waals surface area contributed by atoms with Crippen LogP contribution in [0.4, 0.5) is 5.69 Å². The van der Waals surface area contributed by atoms with E-state index in [1.807, 2.05) is 28.9 Å². The molecule has 0 aliphatic heterocycles. The fraction of sp³-hybridized carbons (Fsp3) is 0.316. The standard InChI is InChI=1S/C19H18BrN5/c20-18-16(22-11-14-6-4-13(10-21)5-7-14)8-9-17-19(18)23-24-25(17)12-15-2-1-3-15/h4-9,15,22H,1-3,11-12H2. The van der Waals surface area contributed by atoms with E-state index in [2.05, 4.69) is 49.8 Å². The molecule has 1 saturated carbocycles. The first-order valence-corrected chi connectivity index (χ1v) is 9.28. The Morgan fingerprint density at radius 2 is 2.00 bits per heavy atom. The SMILES string of the molecule is N#Cc1ccc(CNc2ccc3c(nnn3CC3CCC3)c2Br)cc1. The lowest BCUT2D eigenvalue weighted by atomic mass is 9.85. The van der Waals surface area contributed by atoms with Crippen molar-refractivity contribution in [2.75, 3.05) is 5.32 Å². The highest BCUT2D eigenvalue weighted by Gasteiger charge is 2.20. The molecular formula is C19H18BrN5. The predicted octanol–water partition coefficient (Wildman–Crippen LogP) is 4.48. The Hall–Kier alpha value is -2.39. The van der Waals surface area contributed by atoms with Gasteiger partial charge in [-0.15, -0.1) is 5.10 Å². The van der Waals surface area contributed by atoms with Crippen LogP contribution in [0.5, 0.6) is 0 Å². The van der Waals surface area contributed by atoms with Crippen LogP contribution in [0, 0.1) is 17.2 Å². The molecule has 1 heterocycles. The van der Waals surface area contributed by atoms with E-state index in [1.165, 1.54) is 19.3 Å². The van der Waals surface area contributed by atoms with Gasteiger partial charge in [0.05, 0.1) is 27.3 Å². The van der Waals surface area contributed by atoms with Crippen molar-refractivity contribution in [1.82, 2.24) is 15.0 Å². The summed E-state index contributed by atoms with van der Waals surface area (Å²) in [6.07, 6.45) is 3.93. The van der Waals surface area contributed by atoms with Gasteiger partial charge in [-0.05, 0) is 64.5 Å². The van der Waals surface area contributed by atoms with E-state index >= 15 is 0 Å². The second-order valence-corrected chi connectivity index (χ2v) is 7.32. The number of hydrogen-bond acceptors (Lipinski definition) is 4. The average molecular weight is 396 g/mol. The number of fused-ring (bicyclic) bond motifs is 1. The molecule has 6 heteroatoms. The van der Waals surface area contributed by atoms with Gasteiger partial charge in [0.25, 0.3) is 0 Å². The summed E-state index contributed by atoms with van der Waals surface area (Å²) >= 11 is 3.67. The molecule has 1 N–H and O–H groups in total. The van der Waals surface area contributed by atoms with Gasteiger partial charge in [0.2, 0.25) is 0 Å². The van der Waals surface area contributed by atoms with Gasteiger partial charge in [-0.3, -0.25) is 0 Å². The van der Waals surface area contributed by atoms with Crippen LogP contribution in [0.3, 0.4) is 0 Å². The average Bonchev–Trinajstić information content (AvgIpc) is 3.02. The first-order valence-electron chi connectivity index (χ1n) is 8.49. The number of aromatic nitrogens is 3. The summed E-state index contributed by atoms with van der Waals surface area (Å²) in [5.41, 5.74) is 4.76. The van der Waals surface area contributed by atoms with Crippen LogP contribution in [-0.4, -0.2) is 15.0 Å². The molecule has 4 rings (SSSR count). The molecule has 5 nitrogen and oxygen atoms in total. The minimum Gasteiger partial charge on any atom is -0.380 e. The van der Waals surface area contributed by atoms with E-state index in [4.69, 9.17) is 5.26 Å². The first kappa shape index (κ1) is 16.1. The van der Waals surface area contributed by atoms with Gasteiger partial charge in [-0.1, -0.05) is 23.8 Å². The topological polar surface area (TPSA) is 66.5 Å². The highest BCUT2D eigenvalue weighted by molar-refractivity contribution is 9.10. The molecule has 0 spiro atoms. The number of nitrogens with zero attached hydrogens (tertiary/aromatic N) is 4. The summed E-state index contributed by atoms with van der Waals surface area (Å²) in [7, 11) is 0. The van der Waals surface area contributed by atoms with E-state index in [-0.39, 0.29) is 0 Å². The molecule has 0 atom stereocenters. The molecule has 1 aliphatic carbocycles. The zero-order chi connectivity index (χ0) is 17.2. The smallest absolute Gasteiger partial charge is 0.129 e. The highest BCUT2D eigenvalue weighted by atomic mass is 79.9. The Bertz CT molecular complexity index is 935. The van der Waals surface area contributed by atoms with E-state index in [9.17, 15) is 0 Å². The summed E-state index contributed by atoms with van der Waals surface area (Å²) in [5, 5.41) is 21.0. The molecule has 0 bridgehead atoms. The van der Waals surface area contributed by atoms with Crippen LogP contribution >= 0.6 is 15.9 Å². The van der Waals surface area contributed by atoms with Crippen molar-refractivity contribution in [3.8, 4) is 6.07 Å². The molecule has 1 aromatic heterocycles. The molecule has 126 valence electrons. The minimum atomic E-state index is 0.675. The van der Waals surface area contributed by atoms with Crippen LogP contribution in [0.15, 0.2) is 40.9 Å². The maximum Gasteiger partial charge on any atom is 0.129 e. The van der Waals surface area contributed by atoms with Gasteiger partial charge in [0, 0.05) is 13.1 Å². The summed E-state index contributed by atoms with van der Waals surface area (Å²) in [6.45, 7) is 1.65. The van der Waals surface area contributed by atoms with E-state index in [0.717, 1.165) is 39.2 Å². The quantitative estimate of drug-likeness (QED) is 0.691. The molecule has 1 fully saturated rings. The van der Waals surface area contributed by atoms with Gasteiger partial charge in [0.1, 0.15) is 5.52 Å². The molecule has 0 amide bonds. The van der Waals surface area contributed by atoms with Crippen molar-refractivity contribution in [2.45, 2.75) is 32.4 Å². The van der Waals surface area contributed by atoms with Crippen LogP contribution in [0.25, 0.3) is 11.0 Å². The molecule has 0 unspecified atom stereocenters. The van der Waals surface area contributed by atoms with Gasteiger partial charge in [-0.25, -0.2) is 4.68 Å². The number of nitriles is 1. The summed E-state index contributed by atoms with van der Waals surface area (Å²) in [5.74, 6) is 0.748. The van der Waals surface area contributed by atoms with Crippen LogP contribution < -0.4 is 5.32 Å². The van der Waals surface area contributed by atoms with E-state index < -0.39 is 0 Å². The summed E-state index contributed by atoms with van der Waals surface area (Å²) in [4.78, 5) is 0. The van der Waals surface area contributed by atoms with Crippen LogP contribution in [-0.2, 0) is 13.1 Å². The normalized spacial score (nSPS) is 14.2. The zero-order valence-electron chi connectivity index (χ0n) is 13.7. The fourth-order valence-electron chi connectivity index (χ4n) is 3.09. The number of halogens is 1. The molecular weight excluding hydrogens is 378 g/mol. The second-order valence-electron chi connectivity index (χ2n) is 6.53. The monoisotopic (exact) mass is 395 g/mol. The Morgan fingerprint density at radius 1 is 1.20 bits per heavy atom.